The number of nitrogens with one attached hydrogen (secondary N) is 1. The number of halogens is 1. The molecule has 0 aliphatic carbocycles. The van der Waals surface area contributed by atoms with Gasteiger partial charge in [0.2, 0.25) is 21.8 Å². The number of hydrogen-bond donors (Lipinski definition) is 1. The Labute approximate surface area is 208 Å². The summed E-state index contributed by atoms with van der Waals surface area (Å²) in [6, 6.07) is 11.7. The lowest BCUT2D eigenvalue weighted by Gasteiger charge is -2.33. The van der Waals surface area contributed by atoms with Crippen molar-refractivity contribution < 1.29 is 18.0 Å². The van der Waals surface area contributed by atoms with E-state index in [9.17, 15) is 18.0 Å². The molecular formula is C25H34ClN3O4S. The Kier molecular flexibility index (Phi) is 8.77. The highest BCUT2D eigenvalue weighted by molar-refractivity contribution is 7.92. The van der Waals surface area contributed by atoms with Gasteiger partial charge in [0, 0.05) is 17.1 Å². The highest BCUT2D eigenvalue weighted by atomic mass is 35.5. The van der Waals surface area contributed by atoms with Crippen molar-refractivity contribution in [1.82, 2.24) is 10.2 Å². The molecule has 0 spiro atoms. The minimum Gasteiger partial charge on any atom is -0.350 e. The van der Waals surface area contributed by atoms with Crippen LogP contribution in [0.25, 0.3) is 0 Å². The Morgan fingerprint density at radius 3 is 2.18 bits per heavy atom. The van der Waals surface area contributed by atoms with Gasteiger partial charge in [-0.2, -0.15) is 0 Å². The molecule has 7 nitrogen and oxygen atoms in total. The third kappa shape index (κ3) is 7.74. The fourth-order valence-electron chi connectivity index (χ4n) is 3.39. The van der Waals surface area contributed by atoms with Crippen LogP contribution in [0.5, 0.6) is 0 Å². The number of rotatable bonds is 8. The second-order valence-corrected chi connectivity index (χ2v) is 12.0. The first kappa shape index (κ1) is 27.7. The topological polar surface area (TPSA) is 86.8 Å². The minimum absolute atomic E-state index is 0.157. The lowest BCUT2D eigenvalue weighted by atomic mass is 10.1. The van der Waals surface area contributed by atoms with E-state index in [2.05, 4.69) is 5.32 Å². The van der Waals surface area contributed by atoms with Crippen LogP contribution in [0.2, 0.25) is 5.02 Å². The van der Waals surface area contributed by atoms with Crippen LogP contribution in [-0.4, -0.2) is 49.5 Å². The minimum atomic E-state index is -3.81. The van der Waals surface area contributed by atoms with Crippen molar-refractivity contribution in [2.75, 3.05) is 17.1 Å². The van der Waals surface area contributed by atoms with E-state index < -0.39 is 34.1 Å². The Bertz CT molecular complexity index is 1140. The monoisotopic (exact) mass is 507 g/mol. The van der Waals surface area contributed by atoms with Crippen molar-refractivity contribution in [2.24, 2.45) is 0 Å². The van der Waals surface area contributed by atoms with Crippen molar-refractivity contribution in [1.29, 1.82) is 0 Å². The maximum atomic E-state index is 13.6. The van der Waals surface area contributed by atoms with Crippen LogP contribution in [0, 0.1) is 13.8 Å². The first-order valence-electron chi connectivity index (χ1n) is 11.0. The van der Waals surface area contributed by atoms with E-state index in [1.54, 1.807) is 26.0 Å². The van der Waals surface area contributed by atoms with Crippen LogP contribution in [0.1, 0.15) is 44.4 Å². The van der Waals surface area contributed by atoms with Crippen LogP contribution in [0.3, 0.4) is 0 Å². The van der Waals surface area contributed by atoms with Crippen LogP contribution < -0.4 is 9.62 Å². The fourth-order valence-corrected chi connectivity index (χ4v) is 4.46. The third-order valence-corrected chi connectivity index (χ3v) is 6.62. The summed E-state index contributed by atoms with van der Waals surface area (Å²) >= 11 is 6.11. The number of benzene rings is 2. The maximum Gasteiger partial charge on any atom is 0.244 e. The molecule has 1 N–H and O–H groups in total. The highest BCUT2D eigenvalue weighted by Crippen LogP contribution is 2.26. The van der Waals surface area contributed by atoms with Crippen molar-refractivity contribution >= 4 is 39.1 Å². The second kappa shape index (κ2) is 10.8. The molecule has 34 heavy (non-hydrogen) atoms. The van der Waals surface area contributed by atoms with Gasteiger partial charge in [0.15, 0.2) is 0 Å². The number of anilines is 1. The van der Waals surface area contributed by atoms with Crippen molar-refractivity contribution in [2.45, 2.75) is 59.7 Å². The predicted octanol–water partition coefficient (Wildman–Crippen LogP) is 4.05. The molecule has 186 valence electrons. The Hall–Kier alpha value is -2.58. The van der Waals surface area contributed by atoms with Crippen molar-refractivity contribution in [3.05, 3.63) is 64.2 Å². The molecule has 0 bridgehead atoms. The molecule has 9 heteroatoms. The molecule has 0 saturated heterocycles. The Morgan fingerprint density at radius 1 is 1.06 bits per heavy atom. The van der Waals surface area contributed by atoms with Gasteiger partial charge >= 0.3 is 0 Å². The molecule has 2 aromatic carbocycles. The van der Waals surface area contributed by atoms with Crippen LogP contribution >= 0.6 is 11.6 Å². The van der Waals surface area contributed by atoms with E-state index >= 15 is 0 Å². The molecule has 0 fully saturated rings. The number of nitrogens with zero attached hydrogens (tertiary/aromatic N) is 2. The average Bonchev–Trinajstić information content (AvgIpc) is 2.70. The number of amides is 2. The van der Waals surface area contributed by atoms with Gasteiger partial charge in [-0.15, -0.1) is 0 Å². The zero-order valence-corrected chi connectivity index (χ0v) is 22.4. The third-order valence-electron chi connectivity index (χ3n) is 5.26. The van der Waals surface area contributed by atoms with E-state index in [1.807, 2.05) is 52.0 Å². The Balaban J connectivity index is 2.44. The molecule has 0 aliphatic rings. The number of carbonyl (C=O) groups is 2. The molecule has 0 radical (unpaired) electrons. The molecule has 2 aromatic rings. The van der Waals surface area contributed by atoms with Gasteiger partial charge in [0.1, 0.15) is 12.6 Å². The number of sulfonamides is 1. The van der Waals surface area contributed by atoms with Gasteiger partial charge in [-0.25, -0.2) is 8.42 Å². The van der Waals surface area contributed by atoms with Gasteiger partial charge in [-0.05, 0) is 64.8 Å². The molecule has 1 atom stereocenters. The van der Waals surface area contributed by atoms with Gasteiger partial charge in [-0.3, -0.25) is 13.9 Å². The molecular weight excluding hydrogens is 474 g/mol. The van der Waals surface area contributed by atoms with Gasteiger partial charge in [0.25, 0.3) is 0 Å². The first-order valence-corrected chi connectivity index (χ1v) is 13.2. The van der Waals surface area contributed by atoms with Crippen molar-refractivity contribution in [3.63, 3.8) is 0 Å². The summed E-state index contributed by atoms with van der Waals surface area (Å²) in [5, 5.41) is 3.26. The van der Waals surface area contributed by atoms with Crippen molar-refractivity contribution in [3.8, 4) is 0 Å². The molecule has 0 aromatic heterocycles. The SMILES string of the molecule is Cc1ccc(CN(C(=O)CN(c2cc(Cl)ccc2C)S(C)(=O)=O)C(C)C(=O)NC(C)(C)C)cc1. The summed E-state index contributed by atoms with van der Waals surface area (Å²) in [6.45, 7) is 10.6. The van der Waals surface area contributed by atoms with Gasteiger partial charge < -0.3 is 10.2 Å². The number of aryl methyl sites for hydroxylation is 2. The smallest absolute Gasteiger partial charge is 0.244 e. The summed E-state index contributed by atoms with van der Waals surface area (Å²) in [4.78, 5) is 27.9. The average molecular weight is 508 g/mol. The largest absolute Gasteiger partial charge is 0.350 e. The second-order valence-electron chi connectivity index (χ2n) is 9.62. The summed E-state index contributed by atoms with van der Waals surface area (Å²) < 4.78 is 26.4. The zero-order chi connectivity index (χ0) is 25.8. The van der Waals surface area contributed by atoms with Crippen LogP contribution in [0.4, 0.5) is 5.69 Å². The fraction of sp³-hybridized carbons (Fsp3) is 0.440. The van der Waals surface area contributed by atoms with E-state index in [0.29, 0.717) is 16.3 Å². The van der Waals surface area contributed by atoms with Gasteiger partial charge in [-0.1, -0.05) is 47.5 Å². The summed E-state index contributed by atoms with van der Waals surface area (Å²) in [7, 11) is -3.81. The first-order chi connectivity index (χ1) is 15.6. The normalized spacial score (nSPS) is 12.7. The van der Waals surface area contributed by atoms with Gasteiger partial charge in [0.05, 0.1) is 11.9 Å². The molecule has 0 saturated carbocycles. The summed E-state index contributed by atoms with van der Waals surface area (Å²) in [5.74, 6) is -0.820. The lowest BCUT2D eigenvalue weighted by molar-refractivity contribution is -0.140. The molecule has 1 unspecified atom stereocenters. The quantitative estimate of drug-likeness (QED) is 0.583. The number of hydrogen-bond acceptors (Lipinski definition) is 4. The zero-order valence-electron chi connectivity index (χ0n) is 20.8. The highest BCUT2D eigenvalue weighted by Gasteiger charge is 2.31. The standard InChI is InChI=1S/C25H34ClN3O4S/c1-17-8-11-20(12-9-17)15-28(19(3)24(31)27-25(4,5)6)23(30)16-29(34(7,32)33)22-14-21(26)13-10-18(22)2/h8-14,19H,15-16H2,1-7H3,(H,27,31). The molecule has 2 amide bonds. The van der Waals surface area contributed by atoms with E-state index in [1.165, 1.54) is 11.0 Å². The molecule has 0 heterocycles. The van der Waals surface area contributed by atoms with Crippen LogP contribution in [-0.2, 0) is 26.2 Å². The van der Waals surface area contributed by atoms with E-state index in [0.717, 1.165) is 21.7 Å². The maximum absolute atomic E-state index is 13.6. The summed E-state index contributed by atoms with van der Waals surface area (Å²) in [5.41, 5.74) is 2.40. The number of carbonyl (C=O) groups excluding carboxylic acids is 2. The van der Waals surface area contributed by atoms with E-state index in [-0.39, 0.29) is 12.5 Å². The Morgan fingerprint density at radius 2 is 1.65 bits per heavy atom. The van der Waals surface area contributed by atoms with Crippen LogP contribution in [0.15, 0.2) is 42.5 Å². The predicted molar refractivity (Wildman–Crippen MR) is 137 cm³/mol. The van der Waals surface area contributed by atoms with E-state index in [4.69, 9.17) is 11.6 Å². The lowest BCUT2D eigenvalue weighted by Crippen LogP contribution is -2.54. The summed E-state index contributed by atoms with van der Waals surface area (Å²) in [6.07, 6.45) is 1.04. The molecule has 0 aliphatic heterocycles. The molecule has 2 rings (SSSR count).